The van der Waals surface area contributed by atoms with Gasteiger partial charge in [0.25, 0.3) is 0 Å². The summed E-state index contributed by atoms with van der Waals surface area (Å²) in [4.78, 5) is 51.5. The van der Waals surface area contributed by atoms with E-state index in [4.69, 9.17) is 27.9 Å². The Balaban J connectivity index is 1.24. The van der Waals surface area contributed by atoms with Gasteiger partial charge in [-0.25, -0.2) is 0 Å². The first kappa shape index (κ1) is 25.8. The summed E-state index contributed by atoms with van der Waals surface area (Å²) in [6.07, 6.45) is -1.27. The second-order valence-electron chi connectivity index (χ2n) is 10.4. The molecule has 3 aliphatic carbocycles. The predicted molar refractivity (Wildman–Crippen MR) is 146 cm³/mol. The average Bonchev–Trinajstić information content (AvgIpc) is 3.20. The number of Topliss-reactive ketones (excluding diaryl/α,β-unsaturated/α-hetero) is 1. The summed E-state index contributed by atoms with van der Waals surface area (Å²) >= 11 is 14.8. The van der Waals surface area contributed by atoms with Crippen LogP contribution in [0.5, 0.6) is 0 Å². The Kier molecular flexibility index (Phi) is 5.97. The number of imide groups is 1. The van der Waals surface area contributed by atoms with E-state index in [9.17, 15) is 19.2 Å². The van der Waals surface area contributed by atoms with Crippen LogP contribution in [0.15, 0.2) is 72.8 Å². The van der Waals surface area contributed by atoms with Gasteiger partial charge in [0.05, 0.1) is 18.3 Å². The summed E-state index contributed by atoms with van der Waals surface area (Å²) in [5.74, 6) is -3.80. The number of esters is 1. The van der Waals surface area contributed by atoms with Gasteiger partial charge in [-0.1, -0.05) is 78.4 Å². The van der Waals surface area contributed by atoms with Crippen LogP contribution in [0.25, 0.3) is 0 Å². The first-order chi connectivity index (χ1) is 18.6. The van der Waals surface area contributed by atoms with Crippen molar-refractivity contribution in [3.8, 4) is 0 Å². The third kappa shape index (κ3) is 3.54. The van der Waals surface area contributed by atoms with Crippen LogP contribution in [0.2, 0.25) is 0 Å². The lowest BCUT2D eigenvalue weighted by Crippen LogP contribution is -2.57. The minimum Gasteiger partial charge on any atom is -0.454 e. The standard InChI is InChI=1S/C31H25Cl2NO5/c1-17-11-13-19(14-12-17)27(36)18(2)39-24(35)15-16-34-28(37)25-26(29(34)38)31(33)21-8-4-3-7-20(21)30(25,32)22-9-5-6-10-23(22)31/h3-14,18,25-26H,15-16H2,1-2H3/t18-,25-,26+,30?,31?/m1/s1. The second kappa shape index (κ2) is 9.04. The maximum atomic E-state index is 13.8. The number of carbonyl (C=O) groups is 4. The Labute approximate surface area is 235 Å². The maximum absolute atomic E-state index is 13.8. The minimum absolute atomic E-state index is 0.193. The Morgan fingerprint density at radius 1 is 0.821 bits per heavy atom. The van der Waals surface area contributed by atoms with Crippen LogP contribution >= 0.6 is 23.2 Å². The van der Waals surface area contributed by atoms with Gasteiger partial charge >= 0.3 is 5.97 Å². The largest absolute Gasteiger partial charge is 0.454 e. The van der Waals surface area contributed by atoms with Crippen molar-refractivity contribution in [2.75, 3.05) is 6.54 Å². The Bertz CT molecular complexity index is 1430. The number of hydrogen-bond donors (Lipinski definition) is 0. The van der Waals surface area contributed by atoms with E-state index in [-0.39, 0.29) is 18.7 Å². The molecule has 3 aromatic carbocycles. The highest BCUT2D eigenvalue weighted by atomic mass is 35.5. The third-order valence-electron chi connectivity index (χ3n) is 8.23. The van der Waals surface area contributed by atoms with E-state index in [1.165, 1.54) is 6.92 Å². The molecule has 0 saturated carbocycles. The average molecular weight is 562 g/mol. The highest BCUT2D eigenvalue weighted by Gasteiger charge is 2.72. The zero-order chi connectivity index (χ0) is 27.7. The van der Waals surface area contributed by atoms with Crippen molar-refractivity contribution in [1.82, 2.24) is 4.90 Å². The van der Waals surface area contributed by atoms with Crippen molar-refractivity contribution < 1.29 is 23.9 Å². The van der Waals surface area contributed by atoms with Crippen LogP contribution in [0.1, 0.15) is 51.5 Å². The molecule has 1 fully saturated rings. The number of aryl methyl sites for hydroxylation is 1. The number of likely N-dealkylation sites (tertiary alicyclic amines) is 1. The number of ether oxygens (including phenoxy) is 1. The van der Waals surface area contributed by atoms with Crippen molar-refractivity contribution in [3.63, 3.8) is 0 Å². The van der Waals surface area contributed by atoms with Crippen LogP contribution in [0.4, 0.5) is 0 Å². The summed E-state index contributed by atoms with van der Waals surface area (Å²) in [6, 6.07) is 21.8. The number of alkyl halides is 2. The molecule has 2 bridgehead atoms. The lowest BCUT2D eigenvalue weighted by atomic mass is 9.54. The topological polar surface area (TPSA) is 80.8 Å². The highest BCUT2D eigenvalue weighted by molar-refractivity contribution is 6.36. The molecule has 1 aliphatic heterocycles. The van der Waals surface area contributed by atoms with Crippen LogP contribution in [-0.2, 0) is 28.9 Å². The molecule has 0 N–H and O–H groups in total. The number of ketones is 1. The van der Waals surface area contributed by atoms with Crippen LogP contribution in [0, 0.1) is 18.8 Å². The molecule has 3 aromatic rings. The zero-order valence-electron chi connectivity index (χ0n) is 21.3. The predicted octanol–water partition coefficient (Wildman–Crippen LogP) is 5.09. The van der Waals surface area contributed by atoms with Gasteiger partial charge in [-0.3, -0.25) is 24.1 Å². The molecule has 0 unspecified atom stereocenters. The molecule has 0 aromatic heterocycles. The van der Waals surface area contributed by atoms with Gasteiger partial charge in [0.15, 0.2) is 6.10 Å². The number of hydrogen-bond acceptors (Lipinski definition) is 5. The molecule has 39 heavy (non-hydrogen) atoms. The van der Waals surface area contributed by atoms with Gasteiger partial charge in [-0.05, 0) is 36.1 Å². The van der Waals surface area contributed by atoms with E-state index in [0.717, 1.165) is 10.5 Å². The highest BCUT2D eigenvalue weighted by Crippen LogP contribution is 2.69. The van der Waals surface area contributed by atoms with Crippen molar-refractivity contribution >= 4 is 46.8 Å². The molecule has 3 atom stereocenters. The molecule has 7 rings (SSSR count). The van der Waals surface area contributed by atoms with E-state index < -0.39 is 45.5 Å². The summed E-state index contributed by atoms with van der Waals surface area (Å²) in [7, 11) is 0. The van der Waals surface area contributed by atoms with Gasteiger partial charge in [-0.2, -0.15) is 0 Å². The van der Waals surface area contributed by atoms with Crippen molar-refractivity contribution in [1.29, 1.82) is 0 Å². The molecule has 1 saturated heterocycles. The molecule has 0 radical (unpaired) electrons. The molecule has 6 nitrogen and oxygen atoms in total. The first-order valence-electron chi connectivity index (χ1n) is 12.8. The van der Waals surface area contributed by atoms with E-state index >= 15 is 0 Å². The summed E-state index contributed by atoms with van der Waals surface area (Å²) < 4.78 is 5.35. The minimum atomic E-state index is -1.27. The lowest BCUT2D eigenvalue weighted by molar-refractivity contribution is -0.148. The van der Waals surface area contributed by atoms with Crippen molar-refractivity contribution in [2.24, 2.45) is 11.8 Å². The summed E-state index contributed by atoms with van der Waals surface area (Å²) in [5, 5.41) is 0. The smallest absolute Gasteiger partial charge is 0.308 e. The fraction of sp³-hybridized carbons (Fsp3) is 0.290. The SMILES string of the molecule is Cc1ccc(C(=O)[C@@H](C)OC(=O)CCN2C(=O)[C@@H]3[C@H](C2=O)C2(Cl)c4ccccc4C3(Cl)c3ccccc32)cc1. The van der Waals surface area contributed by atoms with Gasteiger partial charge in [0, 0.05) is 12.1 Å². The van der Waals surface area contributed by atoms with E-state index in [1.807, 2.05) is 67.6 Å². The van der Waals surface area contributed by atoms with Gasteiger partial charge in [0.1, 0.15) is 9.75 Å². The lowest BCUT2D eigenvalue weighted by Gasteiger charge is -2.54. The normalized spacial score (nSPS) is 27.0. The van der Waals surface area contributed by atoms with E-state index in [2.05, 4.69) is 0 Å². The molecule has 4 aliphatic rings. The zero-order valence-corrected chi connectivity index (χ0v) is 22.8. The molecule has 8 heteroatoms. The third-order valence-corrected chi connectivity index (χ3v) is 9.51. The first-order valence-corrected chi connectivity index (χ1v) is 13.6. The maximum Gasteiger partial charge on any atom is 0.308 e. The quantitative estimate of drug-likeness (QED) is 0.181. The number of amides is 2. The Morgan fingerprint density at radius 2 is 1.26 bits per heavy atom. The monoisotopic (exact) mass is 561 g/mol. The van der Waals surface area contributed by atoms with Gasteiger partial charge in [0.2, 0.25) is 17.6 Å². The fourth-order valence-corrected chi connectivity index (χ4v) is 7.51. The van der Waals surface area contributed by atoms with E-state index in [1.54, 1.807) is 12.1 Å². The number of benzene rings is 3. The summed E-state index contributed by atoms with van der Waals surface area (Å²) in [5.41, 5.74) is 4.30. The molecule has 1 heterocycles. The molecule has 2 amide bonds. The fourth-order valence-electron chi connectivity index (χ4n) is 6.41. The van der Waals surface area contributed by atoms with Crippen LogP contribution in [0.3, 0.4) is 0 Å². The van der Waals surface area contributed by atoms with Crippen LogP contribution < -0.4 is 0 Å². The molecular weight excluding hydrogens is 537 g/mol. The molecule has 0 spiro atoms. The number of rotatable bonds is 6. The second-order valence-corrected chi connectivity index (χ2v) is 11.6. The molecular formula is C31H25Cl2NO5. The number of carbonyl (C=O) groups excluding carboxylic acids is 4. The van der Waals surface area contributed by atoms with E-state index in [0.29, 0.717) is 27.8 Å². The number of halogens is 2. The van der Waals surface area contributed by atoms with Crippen molar-refractivity contribution in [2.45, 2.75) is 36.1 Å². The summed E-state index contributed by atoms with van der Waals surface area (Å²) in [6.45, 7) is 3.22. The van der Waals surface area contributed by atoms with Gasteiger partial charge < -0.3 is 4.74 Å². The Hall–Kier alpha value is -3.48. The van der Waals surface area contributed by atoms with Gasteiger partial charge in [-0.15, -0.1) is 23.2 Å². The molecule has 198 valence electrons. The number of nitrogens with zero attached hydrogens (tertiary/aromatic N) is 1. The Morgan fingerprint density at radius 3 is 1.69 bits per heavy atom. The van der Waals surface area contributed by atoms with Crippen LogP contribution in [-0.4, -0.2) is 41.1 Å². The van der Waals surface area contributed by atoms with Crippen molar-refractivity contribution in [3.05, 3.63) is 106 Å².